The molecule has 0 fully saturated rings. The fourth-order valence-electron chi connectivity index (χ4n) is 2.02. The molecular weight excluding hydrogens is 262 g/mol. The van der Waals surface area contributed by atoms with Crippen LogP contribution in [-0.2, 0) is 10.1 Å². The minimum Gasteiger partial charge on any atom is -0.747 e. The van der Waals surface area contributed by atoms with E-state index in [9.17, 15) is 23.2 Å². The molecule has 7 nitrogen and oxygen atoms in total. The normalized spacial score (nSPS) is 13.6. The van der Waals surface area contributed by atoms with E-state index >= 15 is 0 Å². The van der Waals surface area contributed by atoms with E-state index in [-0.39, 0.29) is 19.1 Å². The predicted molar refractivity (Wildman–Crippen MR) is 64.7 cm³/mol. The van der Waals surface area contributed by atoms with E-state index in [1.54, 1.807) is 0 Å². The van der Waals surface area contributed by atoms with Gasteiger partial charge in [-0.05, 0) is 12.3 Å². The number of hydrogen-bond acceptors (Lipinski definition) is 7. The first-order valence-electron chi connectivity index (χ1n) is 5.72. The SMILES string of the molecule is CC(C)CC(CO)(CO)N(CCO)CS(=O)(=O)[O-]. The summed E-state index contributed by atoms with van der Waals surface area (Å²) in [6.45, 7) is 2.25. The summed E-state index contributed by atoms with van der Waals surface area (Å²) in [5, 5.41) is 27.8. The highest BCUT2D eigenvalue weighted by molar-refractivity contribution is 7.85. The molecule has 0 saturated carbocycles. The molecule has 0 spiro atoms. The highest BCUT2D eigenvalue weighted by Crippen LogP contribution is 2.24. The first-order chi connectivity index (χ1) is 8.20. The third kappa shape index (κ3) is 5.59. The molecular formula is C10H22NO6S-. The second-order valence-electron chi connectivity index (χ2n) is 4.81. The molecule has 0 aliphatic rings. The molecule has 8 heteroatoms. The number of hydrogen-bond donors (Lipinski definition) is 3. The highest BCUT2D eigenvalue weighted by atomic mass is 32.2. The van der Waals surface area contributed by atoms with Crippen LogP contribution in [0.25, 0.3) is 0 Å². The summed E-state index contributed by atoms with van der Waals surface area (Å²) in [6, 6.07) is 0. The van der Waals surface area contributed by atoms with Crippen molar-refractivity contribution < 1.29 is 28.3 Å². The number of rotatable bonds is 9. The molecule has 0 bridgehead atoms. The van der Waals surface area contributed by atoms with Crippen molar-refractivity contribution >= 4 is 10.1 Å². The number of nitrogens with zero attached hydrogens (tertiary/aromatic N) is 1. The molecule has 3 N–H and O–H groups in total. The third-order valence-corrected chi connectivity index (χ3v) is 3.36. The van der Waals surface area contributed by atoms with Crippen molar-refractivity contribution in [3.8, 4) is 0 Å². The van der Waals surface area contributed by atoms with Crippen LogP contribution in [0.2, 0.25) is 0 Å². The lowest BCUT2D eigenvalue weighted by Crippen LogP contribution is -2.57. The number of aliphatic hydroxyl groups excluding tert-OH is 3. The van der Waals surface area contributed by atoms with E-state index in [0.29, 0.717) is 6.42 Å². The molecule has 0 aliphatic carbocycles. The van der Waals surface area contributed by atoms with E-state index in [4.69, 9.17) is 5.11 Å². The smallest absolute Gasteiger partial charge is 0.108 e. The Morgan fingerprint density at radius 2 is 1.72 bits per heavy atom. The topological polar surface area (TPSA) is 121 Å². The van der Waals surface area contributed by atoms with E-state index in [0.717, 1.165) is 4.90 Å². The van der Waals surface area contributed by atoms with Gasteiger partial charge in [0, 0.05) is 6.54 Å². The molecule has 0 atom stereocenters. The molecule has 0 aromatic heterocycles. The second-order valence-corrected chi connectivity index (χ2v) is 6.19. The molecule has 0 saturated heterocycles. The first-order valence-corrected chi connectivity index (χ1v) is 7.29. The van der Waals surface area contributed by atoms with Gasteiger partial charge in [0.15, 0.2) is 0 Å². The molecule has 0 radical (unpaired) electrons. The lowest BCUT2D eigenvalue weighted by molar-refractivity contribution is -0.0242. The Morgan fingerprint density at radius 1 is 1.22 bits per heavy atom. The van der Waals surface area contributed by atoms with Crippen LogP contribution >= 0.6 is 0 Å². The minimum absolute atomic E-state index is 0.0832. The van der Waals surface area contributed by atoms with Gasteiger partial charge < -0.3 is 19.9 Å². The van der Waals surface area contributed by atoms with Gasteiger partial charge in [0.05, 0.1) is 31.2 Å². The van der Waals surface area contributed by atoms with Gasteiger partial charge in [0.25, 0.3) is 0 Å². The quantitative estimate of drug-likeness (QED) is 0.443. The van der Waals surface area contributed by atoms with Crippen molar-refractivity contribution in [1.82, 2.24) is 4.90 Å². The Hall–Kier alpha value is -0.250. The van der Waals surface area contributed by atoms with E-state index < -0.39 is 34.7 Å². The van der Waals surface area contributed by atoms with Gasteiger partial charge >= 0.3 is 0 Å². The fraction of sp³-hybridized carbons (Fsp3) is 1.00. The summed E-state index contributed by atoms with van der Waals surface area (Å²) in [6.07, 6.45) is 0.315. The van der Waals surface area contributed by atoms with Crippen LogP contribution in [0, 0.1) is 5.92 Å². The lowest BCUT2D eigenvalue weighted by Gasteiger charge is -2.42. The Balaban J connectivity index is 5.20. The summed E-state index contributed by atoms with van der Waals surface area (Å²) >= 11 is 0. The van der Waals surface area contributed by atoms with Crippen LogP contribution in [0.3, 0.4) is 0 Å². The average Bonchev–Trinajstić information content (AvgIpc) is 2.23. The van der Waals surface area contributed by atoms with Crippen LogP contribution in [0.5, 0.6) is 0 Å². The van der Waals surface area contributed by atoms with Crippen molar-refractivity contribution in [3.63, 3.8) is 0 Å². The molecule has 0 aliphatic heterocycles. The predicted octanol–water partition coefficient (Wildman–Crippen LogP) is -1.45. The molecule has 0 aromatic rings. The summed E-state index contributed by atoms with van der Waals surface area (Å²) in [7, 11) is -4.54. The van der Waals surface area contributed by atoms with E-state index in [1.165, 1.54) is 0 Å². The van der Waals surface area contributed by atoms with Crippen molar-refractivity contribution in [2.45, 2.75) is 25.8 Å². The van der Waals surface area contributed by atoms with Crippen molar-refractivity contribution in [3.05, 3.63) is 0 Å². The Kier molecular flexibility index (Phi) is 7.26. The van der Waals surface area contributed by atoms with E-state index in [1.807, 2.05) is 13.8 Å². The van der Waals surface area contributed by atoms with Gasteiger partial charge in [0.1, 0.15) is 10.1 Å². The van der Waals surface area contributed by atoms with Crippen molar-refractivity contribution in [1.29, 1.82) is 0 Å². The van der Waals surface area contributed by atoms with Gasteiger partial charge in [0.2, 0.25) is 0 Å². The van der Waals surface area contributed by atoms with Crippen molar-refractivity contribution in [2.75, 3.05) is 32.2 Å². The first kappa shape index (κ1) is 17.8. The Labute approximate surface area is 108 Å². The van der Waals surface area contributed by atoms with Gasteiger partial charge in [-0.3, -0.25) is 4.90 Å². The third-order valence-electron chi connectivity index (χ3n) is 2.73. The highest BCUT2D eigenvalue weighted by Gasteiger charge is 2.37. The number of β-amino-alcohol motifs (C(OH)–C–C–N with tert-alkyl or cyclic N) is 1. The Morgan fingerprint density at radius 3 is 2.00 bits per heavy atom. The van der Waals surface area contributed by atoms with Crippen LogP contribution in [-0.4, -0.2) is 71.0 Å². The Bertz CT molecular complexity index is 325. The molecule has 18 heavy (non-hydrogen) atoms. The lowest BCUT2D eigenvalue weighted by atomic mass is 9.89. The van der Waals surface area contributed by atoms with Crippen molar-refractivity contribution in [2.24, 2.45) is 5.92 Å². The molecule has 0 heterocycles. The monoisotopic (exact) mass is 284 g/mol. The molecule has 110 valence electrons. The van der Waals surface area contributed by atoms with Crippen LogP contribution in [0.15, 0.2) is 0 Å². The maximum atomic E-state index is 10.8. The van der Waals surface area contributed by atoms with Gasteiger partial charge in [-0.15, -0.1) is 0 Å². The van der Waals surface area contributed by atoms with Crippen LogP contribution < -0.4 is 0 Å². The largest absolute Gasteiger partial charge is 0.747 e. The minimum atomic E-state index is -4.54. The molecule has 0 rings (SSSR count). The van der Waals surface area contributed by atoms with Gasteiger partial charge in [-0.25, -0.2) is 8.42 Å². The number of aliphatic hydroxyl groups is 3. The zero-order valence-electron chi connectivity index (χ0n) is 10.7. The summed E-state index contributed by atoms with van der Waals surface area (Å²) < 4.78 is 32.5. The van der Waals surface area contributed by atoms with Crippen LogP contribution in [0.1, 0.15) is 20.3 Å². The van der Waals surface area contributed by atoms with E-state index in [2.05, 4.69) is 0 Å². The average molecular weight is 284 g/mol. The summed E-state index contributed by atoms with van der Waals surface area (Å²) in [4.78, 5) is 1.13. The van der Waals surface area contributed by atoms with Gasteiger partial charge in [-0.2, -0.15) is 0 Å². The molecule has 0 aromatic carbocycles. The fourth-order valence-corrected chi connectivity index (χ4v) is 2.80. The zero-order chi connectivity index (χ0) is 14.4. The molecule has 0 unspecified atom stereocenters. The summed E-state index contributed by atoms with van der Waals surface area (Å²) in [5.74, 6) is -0.763. The van der Waals surface area contributed by atoms with Gasteiger partial charge in [-0.1, -0.05) is 13.8 Å². The summed E-state index contributed by atoms with van der Waals surface area (Å²) in [5.41, 5.74) is -1.21. The molecule has 0 amide bonds. The maximum absolute atomic E-state index is 10.8. The second kappa shape index (κ2) is 7.37. The van der Waals surface area contributed by atoms with Crippen LogP contribution in [0.4, 0.5) is 0 Å². The maximum Gasteiger partial charge on any atom is 0.108 e. The zero-order valence-corrected chi connectivity index (χ0v) is 11.6. The standard InChI is InChI=1S/C10H23NO6S/c1-9(2)5-10(6-13,7-14)11(3-4-12)8-18(15,16)17/h9,12-14H,3-8H2,1-2H3,(H,15,16,17)/p-1.